The standard InChI is InChI=1S/C16H14N4S3/c1-2-5-12(6-3-1)10-21-11-14-17-18-16-20(14)19-15(23-16)9-13-7-4-8-22-13/h1-8H,9-11H2. The van der Waals surface area contributed by atoms with Crippen LogP contribution in [0.2, 0.25) is 0 Å². The molecular formula is C16H14N4S3. The molecular weight excluding hydrogens is 344 g/mol. The first-order valence-electron chi connectivity index (χ1n) is 7.22. The van der Waals surface area contributed by atoms with Crippen LogP contribution in [0.4, 0.5) is 0 Å². The number of thioether (sulfide) groups is 1. The zero-order valence-electron chi connectivity index (χ0n) is 12.3. The van der Waals surface area contributed by atoms with E-state index >= 15 is 0 Å². The monoisotopic (exact) mass is 358 g/mol. The van der Waals surface area contributed by atoms with Gasteiger partial charge in [0.25, 0.3) is 0 Å². The molecule has 0 aliphatic heterocycles. The van der Waals surface area contributed by atoms with Crippen LogP contribution < -0.4 is 0 Å². The highest BCUT2D eigenvalue weighted by atomic mass is 32.2. The Morgan fingerprint density at radius 3 is 2.74 bits per heavy atom. The molecule has 0 unspecified atom stereocenters. The van der Waals surface area contributed by atoms with Crippen LogP contribution in [0.5, 0.6) is 0 Å². The summed E-state index contributed by atoms with van der Waals surface area (Å²) in [5, 5.41) is 16.4. The summed E-state index contributed by atoms with van der Waals surface area (Å²) in [6.07, 6.45) is 0.877. The van der Waals surface area contributed by atoms with Crippen molar-refractivity contribution in [2.24, 2.45) is 0 Å². The minimum atomic E-state index is 0.818. The smallest absolute Gasteiger partial charge is 0.186 e. The first kappa shape index (κ1) is 14.9. The highest BCUT2D eigenvalue weighted by Crippen LogP contribution is 2.22. The van der Waals surface area contributed by atoms with Crippen molar-refractivity contribution < 1.29 is 0 Å². The van der Waals surface area contributed by atoms with Gasteiger partial charge in [-0.3, -0.25) is 0 Å². The molecule has 116 valence electrons. The molecule has 7 heteroatoms. The van der Waals surface area contributed by atoms with E-state index in [0.717, 1.165) is 33.7 Å². The lowest BCUT2D eigenvalue weighted by Gasteiger charge is -1.99. The Morgan fingerprint density at radius 1 is 1.00 bits per heavy atom. The SMILES string of the molecule is c1ccc(CSCc2nnc3sc(Cc4cccs4)nn23)cc1. The molecule has 0 saturated carbocycles. The van der Waals surface area contributed by atoms with Crippen molar-refractivity contribution in [1.82, 2.24) is 19.8 Å². The molecule has 3 heterocycles. The van der Waals surface area contributed by atoms with Crippen molar-refractivity contribution >= 4 is 39.4 Å². The molecule has 0 fully saturated rings. The van der Waals surface area contributed by atoms with Crippen LogP contribution in [0.15, 0.2) is 47.8 Å². The second-order valence-electron chi connectivity index (χ2n) is 5.04. The van der Waals surface area contributed by atoms with Gasteiger partial charge in [0.2, 0.25) is 4.96 Å². The van der Waals surface area contributed by atoms with E-state index in [1.807, 2.05) is 22.3 Å². The zero-order chi connectivity index (χ0) is 15.5. The van der Waals surface area contributed by atoms with Gasteiger partial charge >= 0.3 is 0 Å². The number of hydrogen-bond donors (Lipinski definition) is 0. The minimum absolute atomic E-state index is 0.818. The van der Waals surface area contributed by atoms with E-state index in [1.54, 1.807) is 22.7 Å². The number of hydrogen-bond acceptors (Lipinski definition) is 6. The third-order valence-electron chi connectivity index (χ3n) is 3.35. The fraction of sp³-hybridized carbons (Fsp3) is 0.188. The Morgan fingerprint density at radius 2 is 1.91 bits per heavy atom. The molecule has 0 bridgehead atoms. The molecule has 0 N–H and O–H groups in total. The molecule has 0 aliphatic carbocycles. The molecule has 3 aromatic heterocycles. The molecule has 0 spiro atoms. The number of fused-ring (bicyclic) bond motifs is 1. The van der Waals surface area contributed by atoms with Crippen LogP contribution in [0.1, 0.15) is 21.3 Å². The van der Waals surface area contributed by atoms with Gasteiger partial charge in [0, 0.05) is 17.1 Å². The van der Waals surface area contributed by atoms with Gasteiger partial charge in [-0.1, -0.05) is 47.7 Å². The number of thiophene rings is 1. The van der Waals surface area contributed by atoms with Crippen molar-refractivity contribution in [2.75, 3.05) is 0 Å². The highest BCUT2D eigenvalue weighted by Gasteiger charge is 2.12. The second-order valence-corrected chi connectivity index (χ2v) is 8.10. The first-order chi connectivity index (χ1) is 11.4. The lowest BCUT2D eigenvalue weighted by molar-refractivity contribution is 0.858. The van der Waals surface area contributed by atoms with Crippen molar-refractivity contribution in [2.45, 2.75) is 17.9 Å². The summed E-state index contributed by atoms with van der Waals surface area (Å²) in [4.78, 5) is 2.21. The summed E-state index contributed by atoms with van der Waals surface area (Å²) in [5.41, 5.74) is 1.33. The molecule has 0 amide bonds. The van der Waals surface area contributed by atoms with Crippen LogP contribution in [0, 0.1) is 0 Å². The molecule has 4 aromatic rings. The van der Waals surface area contributed by atoms with E-state index in [-0.39, 0.29) is 0 Å². The summed E-state index contributed by atoms with van der Waals surface area (Å²) >= 11 is 5.22. The quantitative estimate of drug-likeness (QED) is 0.516. The van der Waals surface area contributed by atoms with Gasteiger partial charge in [-0.25, -0.2) is 0 Å². The Labute approximate surface area is 146 Å². The normalized spacial score (nSPS) is 11.3. The molecule has 0 saturated heterocycles. The van der Waals surface area contributed by atoms with Crippen LogP contribution >= 0.6 is 34.4 Å². The van der Waals surface area contributed by atoms with Crippen LogP contribution in [-0.4, -0.2) is 19.8 Å². The molecule has 4 nitrogen and oxygen atoms in total. The second kappa shape index (κ2) is 6.82. The first-order valence-corrected chi connectivity index (χ1v) is 10.1. The number of rotatable bonds is 6. The highest BCUT2D eigenvalue weighted by molar-refractivity contribution is 7.97. The number of aromatic nitrogens is 4. The maximum atomic E-state index is 4.68. The predicted octanol–water partition coefficient (Wildman–Crippen LogP) is 4.27. The Bertz CT molecular complexity index is 881. The van der Waals surface area contributed by atoms with Crippen molar-refractivity contribution in [3.05, 3.63) is 69.1 Å². The Kier molecular flexibility index (Phi) is 4.41. The van der Waals surface area contributed by atoms with E-state index in [4.69, 9.17) is 0 Å². The average molecular weight is 359 g/mol. The average Bonchev–Trinajstić information content (AvgIpc) is 3.28. The van der Waals surface area contributed by atoms with Gasteiger partial charge < -0.3 is 0 Å². The summed E-state index contributed by atoms with van der Waals surface area (Å²) in [5.74, 6) is 2.72. The maximum absolute atomic E-state index is 4.68. The summed E-state index contributed by atoms with van der Waals surface area (Å²) in [6.45, 7) is 0. The molecule has 0 aliphatic rings. The summed E-state index contributed by atoms with van der Waals surface area (Å²) in [7, 11) is 0. The fourth-order valence-electron chi connectivity index (χ4n) is 2.26. The largest absolute Gasteiger partial charge is 0.234 e. The molecule has 1 aromatic carbocycles. The summed E-state index contributed by atoms with van der Waals surface area (Å²) < 4.78 is 1.89. The lowest BCUT2D eigenvalue weighted by Crippen LogP contribution is -1.95. The molecule has 0 radical (unpaired) electrons. The third-order valence-corrected chi connectivity index (χ3v) is 6.12. The van der Waals surface area contributed by atoms with Crippen LogP contribution in [0.3, 0.4) is 0 Å². The van der Waals surface area contributed by atoms with Crippen LogP contribution in [-0.2, 0) is 17.9 Å². The van der Waals surface area contributed by atoms with Crippen molar-refractivity contribution in [3.63, 3.8) is 0 Å². The zero-order valence-corrected chi connectivity index (χ0v) is 14.7. The van der Waals surface area contributed by atoms with Gasteiger partial charge in [-0.2, -0.15) is 9.61 Å². The fourth-order valence-corrected chi connectivity index (χ4v) is 4.82. The number of nitrogens with zero attached hydrogens (tertiary/aromatic N) is 4. The molecule has 23 heavy (non-hydrogen) atoms. The Balaban J connectivity index is 1.44. The molecule has 4 rings (SSSR count). The minimum Gasteiger partial charge on any atom is -0.186 e. The predicted molar refractivity (Wildman–Crippen MR) is 97.2 cm³/mol. The van der Waals surface area contributed by atoms with Crippen molar-refractivity contribution in [1.29, 1.82) is 0 Å². The van der Waals surface area contributed by atoms with Gasteiger partial charge in [-0.15, -0.1) is 33.3 Å². The maximum Gasteiger partial charge on any atom is 0.234 e. The van der Waals surface area contributed by atoms with E-state index in [9.17, 15) is 0 Å². The van der Waals surface area contributed by atoms with E-state index in [2.05, 4.69) is 57.1 Å². The molecule has 0 atom stereocenters. The van der Waals surface area contributed by atoms with Gasteiger partial charge in [0.15, 0.2) is 5.82 Å². The van der Waals surface area contributed by atoms with Gasteiger partial charge in [0.05, 0.1) is 5.75 Å². The Hall–Kier alpha value is -1.70. The van der Waals surface area contributed by atoms with E-state index in [0.29, 0.717) is 0 Å². The van der Waals surface area contributed by atoms with Crippen LogP contribution in [0.25, 0.3) is 4.96 Å². The third kappa shape index (κ3) is 3.46. The van der Waals surface area contributed by atoms with Gasteiger partial charge in [-0.05, 0) is 17.0 Å². The van der Waals surface area contributed by atoms with Crippen molar-refractivity contribution in [3.8, 4) is 0 Å². The topological polar surface area (TPSA) is 43.1 Å². The van der Waals surface area contributed by atoms with E-state index in [1.165, 1.54) is 10.4 Å². The lowest BCUT2D eigenvalue weighted by atomic mass is 10.2. The van der Waals surface area contributed by atoms with E-state index < -0.39 is 0 Å². The summed E-state index contributed by atoms with van der Waals surface area (Å²) in [6, 6.07) is 14.7. The van der Waals surface area contributed by atoms with Gasteiger partial charge in [0.1, 0.15) is 5.01 Å². The number of benzene rings is 1.